The molecule has 0 amide bonds. The standard InChI is InChI=1S/C19H26N8O2/c1-12-8-14(29-26-12)11-20-19-22-16(10-18(23-19)27-4-6-28-7-5-27)21-17-9-15(24-25-17)13-2-3-13/h8-10,12-13,26H,2-7,11H2,1H3,(H3,20,21,22,23,24,25). The Morgan fingerprint density at radius 3 is 2.79 bits per heavy atom. The van der Waals surface area contributed by atoms with E-state index < -0.39 is 0 Å². The lowest BCUT2D eigenvalue weighted by molar-refractivity contribution is 0.120. The van der Waals surface area contributed by atoms with E-state index in [2.05, 4.69) is 42.3 Å². The lowest BCUT2D eigenvalue weighted by atomic mass is 10.3. The second-order valence-corrected chi connectivity index (χ2v) is 7.64. The molecule has 2 aromatic rings. The van der Waals surface area contributed by atoms with Gasteiger partial charge in [-0.3, -0.25) is 5.10 Å². The Morgan fingerprint density at radius 1 is 1.17 bits per heavy atom. The molecular formula is C19H26N8O2. The second-order valence-electron chi connectivity index (χ2n) is 7.64. The molecule has 154 valence electrons. The number of nitrogens with zero attached hydrogens (tertiary/aromatic N) is 4. The van der Waals surface area contributed by atoms with Gasteiger partial charge in [0.1, 0.15) is 17.4 Å². The Kier molecular flexibility index (Phi) is 4.94. The number of H-pyrrole nitrogens is 1. The number of hydrogen-bond donors (Lipinski definition) is 4. The van der Waals surface area contributed by atoms with Crippen LogP contribution < -0.4 is 21.0 Å². The van der Waals surface area contributed by atoms with Gasteiger partial charge in [0.05, 0.1) is 25.8 Å². The van der Waals surface area contributed by atoms with Crippen molar-refractivity contribution in [2.45, 2.75) is 31.7 Å². The predicted molar refractivity (Wildman–Crippen MR) is 109 cm³/mol. The zero-order valence-electron chi connectivity index (χ0n) is 16.4. The molecule has 10 nitrogen and oxygen atoms in total. The van der Waals surface area contributed by atoms with Crippen molar-refractivity contribution in [2.75, 3.05) is 48.4 Å². The van der Waals surface area contributed by atoms with E-state index in [9.17, 15) is 0 Å². The summed E-state index contributed by atoms with van der Waals surface area (Å²) in [4.78, 5) is 17.0. The third kappa shape index (κ3) is 4.43. The first-order valence-electron chi connectivity index (χ1n) is 10.1. The van der Waals surface area contributed by atoms with Crippen molar-refractivity contribution in [3.05, 3.63) is 29.7 Å². The van der Waals surface area contributed by atoms with Gasteiger partial charge >= 0.3 is 0 Å². The second kappa shape index (κ2) is 7.88. The topological polar surface area (TPSA) is 112 Å². The lowest BCUT2D eigenvalue weighted by Gasteiger charge is -2.28. The van der Waals surface area contributed by atoms with Crippen LogP contribution in [0.5, 0.6) is 0 Å². The maximum absolute atomic E-state index is 5.47. The molecule has 29 heavy (non-hydrogen) atoms. The average Bonchev–Trinajstić information content (AvgIpc) is 3.35. The summed E-state index contributed by atoms with van der Waals surface area (Å²) in [5.41, 5.74) is 4.09. The first-order chi connectivity index (χ1) is 14.2. The molecule has 1 saturated carbocycles. The molecule has 10 heteroatoms. The Morgan fingerprint density at radius 2 is 2.03 bits per heavy atom. The van der Waals surface area contributed by atoms with Crippen molar-refractivity contribution >= 4 is 23.4 Å². The zero-order chi connectivity index (χ0) is 19.6. The summed E-state index contributed by atoms with van der Waals surface area (Å²) in [6, 6.07) is 4.22. The van der Waals surface area contributed by atoms with Crippen LogP contribution in [0.1, 0.15) is 31.4 Å². The molecule has 1 atom stereocenters. The Bertz CT molecular complexity index is 888. The Balaban J connectivity index is 1.35. The van der Waals surface area contributed by atoms with E-state index in [0.717, 1.165) is 30.5 Å². The molecule has 0 spiro atoms. The average molecular weight is 398 g/mol. The van der Waals surface area contributed by atoms with Gasteiger partial charge in [-0.2, -0.15) is 20.5 Å². The highest BCUT2D eigenvalue weighted by Crippen LogP contribution is 2.39. The molecular weight excluding hydrogens is 372 g/mol. The first kappa shape index (κ1) is 18.2. The largest absolute Gasteiger partial charge is 0.411 e. The van der Waals surface area contributed by atoms with Gasteiger partial charge in [-0.1, -0.05) is 0 Å². The molecule has 0 radical (unpaired) electrons. The summed E-state index contributed by atoms with van der Waals surface area (Å²) in [7, 11) is 0. The summed E-state index contributed by atoms with van der Waals surface area (Å²) in [5, 5.41) is 14.1. The van der Waals surface area contributed by atoms with Crippen molar-refractivity contribution in [1.29, 1.82) is 0 Å². The molecule has 1 saturated heterocycles. The molecule has 2 aromatic heterocycles. The van der Waals surface area contributed by atoms with Gasteiger partial charge in [0.25, 0.3) is 0 Å². The van der Waals surface area contributed by atoms with Crippen LogP contribution in [-0.4, -0.2) is 59.1 Å². The number of aromatic nitrogens is 4. The van der Waals surface area contributed by atoms with Gasteiger partial charge in [0, 0.05) is 36.8 Å². The normalized spacial score (nSPS) is 21.6. The fourth-order valence-electron chi connectivity index (χ4n) is 3.44. The molecule has 5 rings (SSSR count). The van der Waals surface area contributed by atoms with Crippen LogP contribution in [-0.2, 0) is 9.57 Å². The van der Waals surface area contributed by atoms with Crippen molar-refractivity contribution in [2.24, 2.45) is 0 Å². The summed E-state index contributed by atoms with van der Waals surface area (Å²) in [6.45, 7) is 5.55. The minimum atomic E-state index is 0.199. The predicted octanol–water partition coefficient (Wildman–Crippen LogP) is 1.88. The molecule has 4 heterocycles. The highest BCUT2D eigenvalue weighted by atomic mass is 16.7. The van der Waals surface area contributed by atoms with Crippen LogP contribution in [0.2, 0.25) is 0 Å². The van der Waals surface area contributed by atoms with Crippen LogP contribution in [0.15, 0.2) is 24.0 Å². The quantitative estimate of drug-likeness (QED) is 0.555. The number of ether oxygens (including phenoxy) is 1. The number of anilines is 4. The molecule has 2 fully saturated rings. The number of hydrogen-bond acceptors (Lipinski definition) is 9. The highest BCUT2D eigenvalue weighted by molar-refractivity contribution is 5.60. The Hall–Kier alpha value is -2.85. The van der Waals surface area contributed by atoms with E-state index in [0.29, 0.717) is 37.4 Å². The number of hydroxylamine groups is 1. The number of rotatable bonds is 7. The molecule has 3 aliphatic rings. The fourth-order valence-corrected chi connectivity index (χ4v) is 3.44. The van der Waals surface area contributed by atoms with Gasteiger partial charge in [0.15, 0.2) is 5.82 Å². The van der Waals surface area contributed by atoms with Gasteiger partial charge in [-0.25, -0.2) is 0 Å². The van der Waals surface area contributed by atoms with Crippen LogP contribution in [0.4, 0.5) is 23.4 Å². The molecule has 1 unspecified atom stereocenters. The highest BCUT2D eigenvalue weighted by Gasteiger charge is 2.25. The zero-order valence-corrected chi connectivity index (χ0v) is 16.4. The van der Waals surface area contributed by atoms with Gasteiger partial charge in [0.2, 0.25) is 5.95 Å². The lowest BCUT2D eigenvalue weighted by Crippen LogP contribution is -2.37. The molecule has 1 aliphatic carbocycles. The van der Waals surface area contributed by atoms with E-state index >= 15 is 0 Å². The maximum atomic E-state index is 5.47. The van der Waals surface area contributed by atoms with Crippen molar-refractivity contribution in [3.63, 3.8) is 0 Å². The molecule has 2 aliphatic heterocycles. The SMILES string of the molecule is CC1C=C(CNc2nc(Nc3cc(C4CC4)[nH]n3)cc(N3CCOCC3)n2)ON1. The fraction of sp³-hybridized carbons (Fsp3) is 0.526. The van der Waals surface area contributed by atoms with Crippen LogP contribution in [0, 0.1) is 0 Å². The molecule has 0 bridgehead atoms. The van der Waals surface area contributed by atoms with Crippen LogP contribution in [0.3, 0.4) is 0 Å². The minimum Gasteiger partial charge on any atom is -0.411 e. The summed E-state index contributed by atoms with van der Waals surface area (Å²) >= 11 is 0. The summed E-state index contributed by atoms with van der Waals surface area (Å²) in [5.74, 6) is 4.32. The summed E-state index contributed by atoms with van der Waals surface area (Å²) < 4.78 is 5.47. The number of morpholine rings is 1. The van der Waals surface area contributed by atoms with Gasteiger partial charge < -0.3 is 25.1 Å². The monoisotopic (exact) mass is 398 g/mol. The maximum Gasteiger partial charge on any atom is 0.227 e. The number of aromatic amines is 1. The molecule has 4 N–H and O–H groups in total. The summed E-state index contributed by atoms with van der Waals surface area (Å²) in [6.07, 6.45) is 4.49. The third-order valence-electron chi connectivity index (χ3n) is 5.15. The van der Waals surface area contributed by atoms with E-state index in [4.69, 9.17) is 14.6 Å². The van der Waals surface area contributed by atoms with Gasteiger partial charge in [-0.05, 0) is 25.8 Å². The van der Waals surface area contributed by atoms with E-state index in [1.165, 1.54) is 18.5 Å². The first-order valence-corrected chi connectivity index (χ1v) is 10.1. The van der Waals surface area contributed by atoms with Gasteiger partial charge in [-0.15, -0.1) is 0 Å². The van der Waals surface area contributed by atoms with Crippen LogP contribution in [0.25, 0.3) is 0 Å². The smallest absolute Gasteiger partial charge is 0.227 e. The molecule has 0 aromatic carbocycles. The van der Waals surface area contributed by atoms with Crippen molar-refractivity contribution < 1.29 is 9.57 Å². The third-order valence-corrected chi connectivity index (χ3v) is 5.15. The van der Waals surface area contributed by atoms with Crippen LogP contribution >= 0.6 is 0 Å². The van der Waals surface area contributed by atoms with E-state index in [1.54, 1.807) is 0 Å². The number of nitrogens with one attached hydrogen (secondary N) is 4. The Labute approximate surface area is 169 Å². The minimum absolute atomic E-state index is 0.199. The van der Waals surface area contributed by atoms with E-state index in [1.807, 2.05) is 19.1 Å². The van der Waals surface area contributed by atoms with E-state index in [-0.39, 0.29) is 6.04 Å². The van der Waals surface area contributed by atoms with Crippen molar-refractivity contribution in [3.8, 4) is 0 Å². The van der Waals surface area contributed by atoms with Crippen molar-refractivity contribution in [1.82, 2.24) is 25.6 Å².